The minimum atomic E-state index is -0.206. The van der Waals surface area contributed by atoms with Gasteiger partial charge in [0.15, 0.2) is 6.61 Å². The van der Waals surface area contributed by atoms with Crippen LogP contribution < -0.4 is 14.2 Å². The smallest absolute Gasteiger partial charge is 0.281 e. The van der Waals surface area contributed by atoms with Gasteiger partial charge in [0.05, 0.1) is 26.0 Å². The minimum Gasteiger partial charge on any atom is -0.497 e. The molecule has 4 rings (SSSR count). The molecule has 3 aromatic carbocycles. The van der Waals surface area contributed by atoms with Crippen LogP contribution in [-0.2, 0) is 4.79 Å². The zero-order chi connectivity index (χ0) is 21.6. The maximum atomic E-state index is 13.1. The topological polar surface area (TPSA) is 60.4 Å². The molecular weight excluding hydrogens is 392 g/mol. The second kappa shape index (κ2) is 9.34. The number of hydrazone groups is 1. The average Bonchev–Trinajstić information content (AvgIpc) is 3.29. The summed E-state index contributed by atoms with van der Waals surface area (Å²) in [7, 11) is 3.24. The first-order chi connectivity index (χ1) is 15.2. The molecule has 0 aliphatic carbocycles. The van der Waals surface area contributed by atoms with Crippen LogP contribution in [0.4, 0.5) is 0 Å². The molecule has 0 radical (unpaired) electrons. The lowest BCUT2D eigenvalue weighted by atomic mass is 9.98. The van der Waals surface area contributed by atoms with Gasteiger partial charge in [-0.05, 0) is 47.5 Å². The van der Waals surface area contributed by atoms with Crippen molar-refractivity contribution in [3.8, 4) is 17.2 Å². The summed E-state index contributed by atoms with van der Waals surface area (Å²) in [6.07, 6.45) is 0.630. The van der Waals surface area contributed by atoms with Crippen LogP contribution in [0.15, 0.2) is 84.0 Å². The van der Waals surface area contributed by atoms with Crippen LogP contribution in [0.3, 0.4) is 0 Å². The number of carbonyl (C=O) groups excluding carboxylic acids is 1. The van der Waals surface area contributed by atoms with E-state index in [9.17, 15) is 4.79 Å². The Balaban J connectivity index is 1.54. The first-order valence-electron chi connectivity index (χ1n) is 10.0. The quantitative estimate of drug-likeness (QED) is 0.571. The van der Waals surface area contributed by atoms with Crippen LogP contribution in [0, 0.1) is 0 Å². The number of carbonyl (C=O) groups is 1. The van der Waals surface area contributed by atoms with Crippen molar-refractivity contribution < 1.29 is 19.0 Å². The summed E-state index contributed by atoms with van der Waals surface area (Å²) in [6, 6.07) is 24.6. The molecule has 1 aliphatic heterocycles. The number of rotatable bonds is 7. The lowest BCUT2D eigenvalue weighted by Gasteiger charge is -2.22. The van der Waals surface area contributed by atoms with Gasteiger partial charge < -0.3 is 14.2 Å². The summed E-state index contributed by atoms with van der Waals surface area (Å²) in [5, 5.41) is 6.20. The number of nitrogens with zero attached hydrogens (tertiary/aromatic N) is 2. The van der Waals surface area contributed by atoms with Gasteiger partial charge in [-0.25, -0.2) is 5.01 Å². The van der Waals surface area contributed by atoms with Crippen LogP contribution in [0.2, 0.25) is 0 Å². The second-order valence-corrected chi connectivity index (χ2v) is 7.11. The first kappa shape index (κ1) is 20.5. The highest BCUT2D eigenvalue weighted by Gasteiger charge is 2.33. The zero-order valence-electron chi connectivity index (χ0n) is 17.5. The molecule has 3 aromatic rings. The fraction of sp³-hybridized carbons (Fsp3) is 0.200. The van der Waals surface area contributed by atoms with E-state index in [1.807, 2.05) is 54.6 Å². The van der Waals surface area contributed by atoms with Crippen molar-refractivity contribution in [2.75, 3.05) is 20.8 Å². The third-order valence-corrected chi connectivity index (χ3v) is 5.20. The van der Waals surface area contributed by atoms with Gasteiger partial charge in [-0.15, -0.1) is 0 Å². The maximum absolute atomic E-state index is 13.1. The second-order valence-electron chi connectivity index (χ2n) is 7.11. The number of hydrogen-bond donors (Lipinski definition) is 0. The van der Waals surface area contributed by atoms with E-state index in [0.29, 0.717) is 12.2 Å². The SMILES string of the molecule is COc1ccc(OCC(=O)N2N=C(c3ccccc3)CC2c2ccc(OC)cc2)cc1. The van der Waals surface area contributed by atoms with Crippen LogP contribution in [0.25, 0.3) is 0 Å². The predicted octanol–water partition coefficient (Wildman–Crippen LogP) is 4.46. The Hall–Kier alpha value is -3.80. The van der Waals surface area contributed by atoms with Crippen molar-refractivity contribution in [3.63, 3.8) is 0 Å². The van der Waals surface area contributed by atoms with E-state index >= 15 is 0 Å². The number of ether oxygens (including phenoxy) is 3. The normalized spacial score (nSPS) is 15.4. The van der Waals surface area contributed by atoms with Crippen molar-refractivity contribution in [1.29, 1.82) is 0 Å². The largest absolute Gasteiger partial charge is 0.497 e. The highest BCUT2D eigenvalue weighted by molar-refractivity contribution is 6.03. The summed E-state index contributed by atoms with van der Waals surface area (Å²) in [5.74, 6) is 1.89. The van der Waals surface area contributed by atoms with Crippen molar-refractivity contribution in [2.45, 2.75) is 12.5 Å². The molecule has 1 heterocycles. The molecule has 1 atom stereocenters. The summed E-state index contributed by atoms with van der Waals surface area (Å²) in [4.78, 5) is 13.1. The van der Waals surface area contributed by atoms with Gasteiger partial charge in [-0.2, -0.15) is 5.10 Å². The van der Waals surface area contributed by atoms with Crippen molar-refractivity contribution in [1.82, 2.24) is 5.01 Å². The van der Waals surface area contributed by atoms with E-state index < -0.39 is 0 Å². The third kappa shape index (κ3) is 4.69. The molecule has 158 valence electrons. The van der Waals surface area contributed by atoms with Gasteiger partial charge in [0.2, 0.25) is 0 Å². The van der Waals surface area contributed by atoms with Gasteiger partial charge in [0.25, 0.3) is 5.91 Å². The molecule has 31 heavy (non-hydrogen) atoms. The number of amides is 1. The van der Waals surface area contributed by atoms with Crippen LogP contribution in [0.1, 0.15) is 23.6 Å². The molecule has 0 saturated heterocycles. The molecule has 0 bridgehead atoms. The Morgan fingerprint density at radius 2 is 1.45 bits per heavy atom. The zero-order valence-corrected chi connectivity index (χ0v) is 17.5. The fourth-order valence-corrected chi connectivity index (χ4v) is 3.51. The maximum Gasteiger partial charge on any atom is 0.281 e. The first-order valence-corrected chi connectivity index (χ1v) is 10.0. The standard InChI is InChI=1S/C25H24N2O4/c1-29-20-10-8-19(9-11-20)24-16-23(18-6-4-3-5-7-18)26-27(24)25(28)17-31-22-14-12-21(30-2)13-15-22/h3-15,24H,16-17H2,1-2H3. The molecule has 0 fully saturated rings. The van der Waals surface area contributed by atoms with E-state index in [4.69, 9.17) is 14.2 Å². The predicted molar refractivity (Wildman–Crippen MR) is 119 cm³/mol. The molecule has 0 aromatic heterocycles. The highest BCUT2D eigenvalue weighted by Crippen LogP contribution is 2.33. The van der Waals surface area contributed by atoms with Crippen molar-refractivity contribution in [2.24, 2.45) is 5.10 Å². The molecule has 0 N–H and O–H groups in total. The Morgan fingerprint density at radius 1 is 0.871 bits per heavy atom. The summed E-state index contributed by atoms with van der Waals surface area (Å²) >= 11 is 0. The molecule has 1 unspecified atom stereocenters. The molecule has 6 nitrogen and oxygen atoms in total. The Kier molecular flexibility index (Phi) is 6.17. The van der Waals surface area contributed by atoms with Crippen LogP contribution >= 0.6 is 0 Å². The van der Waals surface area contributed by atoms with Crippen molar-refractivity contribution in [3.05, 3.63) is 90.0 Å². The third-order valence-electron chi connectivity index (χ3n) is 5.20. The Morgan fingerprint density at radius 3 is 2.06 bits per heavy atom. The molecule has 1 amide bonds. The fourth-order valence-electron chi connectivity index (χ4n) is 3.51. The van der Waals surface area contributed by atoms with Crippen LogP contribution in [-0.4, -0.2) is 37.5 Å². The molecule has 1 aliphatic rings. The molecule has 6 heteroatoms. The minimum absolute atomic E-state index is 0.107. The van der Waals surface area contributed by atoms with E-state index in [0.717, 1.165) is 28.3 Å². The molecule has 0 spiro atoms. The lowest BCUT2D eigenvalue weighted by molar-refractivity contribution is -0.135. The summed E-state index contributed by atoms with van der Waals surface area (Å²) in [5.41, 5.74) is 2.87. The van der Waals surface area contributed by atoms with E-state index in [2.05, 4.69) is 5.10 Å². The van der Waals surface area contributed by atoms with Gasteiger partial charge in [0, 0.05) is 6.42 Å². The molecule has 0 saturated carbocycles. The van der Waals surface area contributed by atoms with Gasteiger partial charge >= 0.3 is 0 Å². The van der Waals surface area contributed by atoms with Crippen molar-refractivity contribution >= 4 is 11.6 Å². The van der Waals surface area contributed by atoms with E-state index in [1.54, 1.807) is 38.5 Å². The monoisotopic (exact) mass is 416 g/mol. The number of benzene rings is 3. The van der Waals surface area contributed by atoms with Crippen LogP contribution in [0.5, 0.6) is 17.2 Å². The lowest BCUT2D eigenvalue weighted by Crippen LogP contribution is -2.31. The highest BCUT2D eigenvalue weighted by atomic mass is 16.5. The average molecular weight is 416 g/mol. The summed E-state index contributed by atoms with van der Waals surface area (Å²) in [6.45, 7) is -0.107. The van der Waals surface area contributed by atoms with Gasteiger partial charge in [-0.1, -0.05) is 42.5 Å². The van der Waals surface area contributed by atoms with Gasteiger partial charge in [-0.3, -0.25) is 4.79 Å². The Bertz CT molecular complexity index is 1050. The summed E-state index contributed by atoms with van der Waals surface area (Å²) < 4.78 is 16.1. The number of methoxy groups -OCH3 is 2. The van der Waals surface area contributed by atoms with E-state index in [-0.39, 0.29) is 18.6 Å². The van der Waals surface area contributed by atoms with Gasteiger partial charge in [0.1, 0.15) is 17.2 Å². The van der Waals surface area contributed by atoms with E-state index in [1.165, 1.54) is 5.01 Å². The Labute approximate surface area is 181 Å². The molecular formula is C25H24N2O4. The number of hydrogen-bond acceptors (Lipinski definition) is 5.